The van der Waals surface area contributed by atoms with Gasteiger partial charge in [-0.15, -0.1) is 0 Å². The number of amides is 1. The van der Waals surface area contributed by atoms with Crippen LogP contribution >= 0.6 is 15.9 Å². The van der Waals surface area contributed by atoms with Gasteiger partial charge in [-0.25, -0.2) is 4.98 Å². The fourth-order valence-electron chi connectivity index (χ4n) is 3.75. The summed E-state index contributed by atoms with van der Waals surface area (Å²) in [6.07, 6.45) is -4.96. The Morgan fingerprint density at radius 2 is 1.76 bits per heavy atom. The van der Waals surface area contributed by atoms with Crippen LogP contribution in [0.25, 0.3) is 22.3 Å². The zero-order valence-corrected chi connectivity index (χ0v) is 21.5. The average Bonchev–Trinajstić information content (AvgIpc) is 3.34. The molecule has 37 heavy (non-hydrogen) atoms. The van der Waals surface area contributed by atoms with Gasteiger partial charge in [0.25, 0.3) is 11.5 Å². The SMILES string of the molecule is Cc1cc2nc(C(=O)Nc3cc(-c4ccc(Br)cc4)no3)c(=O)n(CC(O)C(O)C(O)CO)c2cc1C. The Bertz CT molecular complexity index is 1500. The molecule has 0 aliphatic heterocycles. The second kappa shape index (κ2) is 10.9. The molecule has 4 rings (SSSR count). The molecule has 12 heteroatoms. The van der Waals surface area contributed by atoms with Crippen molar-refractivity contribution in [2.24, 2.45) is 0 Å². The summed E-state index contributed by atoms with van der Waals surface area (Å²) >= 11 is 3.36. The molecule has 11 nitrogen and oxygen atoms in total. The number of aliphatic hydroxyl groups is 4. The minimum atomic E-state index is -1.73. The van der Waals surface area contributed by atoms with Gasteiger partial charge in [0.15, 0.2) is 5.69 Å². The fraction of sp³-hybridized carbons (Fsp3) is 0.280. The molecule has 194 valence electrons. The third-order valence-electron chi connectivity index (χ3n) is 6.01. The highest BCUT2D eigenvalue weighted by Crippen LogP contribution is 2.24. The van der Waals surface area contributed by atoms with Crippen molar-refractivity contribution < 1.29 is 29.7 Å². The average molecular weight is 573 g/mol. The molecule has 5 N–H and O–H groups in total. The first-order chi connectivity index (χ1) is 17.6. The number of carbonyl (C=O) groups excluding carboxylic acids is 1. The number of nitrogens with zero attached hydrogens (tertiary/aromatic N) is 3. The van der Waals surface area contributed by atoms with Crippen LogP contribution in [-0.4, -0.2) is 66.0 Å². The largest absolute Gasteiger partial charge is 0.394 e. The van der Waals surface area contributed by atoms with E-state index in [2.05, 4.69) is 31.4 Å². The van der Waals surface area contributed by atoms with Gasteiger partial charge >= 0.3 is 0 Å². The summed E-state index contributed by atoms with van der Waals surface area (Å²) in [4.78, 5) is 30.7. The number of anilines is 1. The number of hydrogen-bond donors (Lipinski definition) is 5. The van der Waals surface area contributed by atoms with Crippen LogP contribution in [-0.2, 0) is 6.54 Å². The minimum absolute atomic E-state index is 0.00243. The van der Waals surface area contributed by atoms with Crippen molar-refractivity contribution in [3.63, 3.8) is 0 Å². The summed E-state index contributed by atoms with van der Waals surface area (Å²) in [6.45, 7) is 2.43. The van der Waals surface area contributed by atoms with Crippen LogP contribution < -0.4 is 10.9 Å². The standard InChI is InChI=1S/C25H25BrN4O7/c1-12-7-17-18(8-13(12)2)30(10-19(32)23(34)20(33)11-31)25(36)22(27-17)24(35)28-21-9-16(29-37-21)14-3-5-15(26)6-4-14/h3-9,19-20,23,31-34H,10-11H2,1-2H3,(H,28,35). The van der Waals surface area contributed by atoms with E-state index in [0.29, 0.717) is 16.7 Å². The first-order valence-electron chi connectivity index (χ1n) is 11.3. The number of carbonyl (C=O) groups is 1. The van der Waals surface area contributed by atoms with Crippen LogP contribution in [0.4, 0.5) is 5.88 Å². The Morgan fingerprint density at radius 1 is 1.08 bits per heavy atom. The molecule has 0 bridgehead atoms. The second-order valence-electron chi connectivity index (χ2n) is 8.65. The summed E-state index contributed by atoms with van der Waals surface area (Å²) < 4.78 is 7.21. The lowest BCUT2D eigenvalue weighted by Gasteiger charge is -2.23. The number of aromatic nitrogens is 3. The highest BCUT2D eigenvalue weighted by Gasteiger charge is 2.27. The summed E-state index contributed by atoms with van der Waals surface area (Å²) in [7, 11) is 0. The lowest BCUT2D eigenvalue weighted by atomic mass is 10.1. The Morgan fingerprint density at radius 3 is 2.43 bits per heavy atom. The monoisotopic (exact) mass is 572 g/mol. The quantitative estimate of drug-likeness (QED) is 0.211. The maximum Gasteiger partial charge on any atom is 0.282 e. The van der Waals surface area contributed by atoms with Gasteiger partial charge in [0.05, 0.1) is 24.2 Å². The normalized spacial score (nSPS) is 13.9. The number of aliphatic hydroxyl groups excluding tert-OH is 4. The molecule has 1 amide bonds. The number of hydrogen-bond acceptors (Lipinski definition) is 9. The van der Waals surface area contributed by atoms with Crippen LogP contribution in [0.15, 0.2) is 56.3 Å². The van der Waals surface area contributed by atoms with Crippen LogP contribution in [0, 0.1) is 13.8 Å². The van der Waals surface area contributed by atoms with E-state index in [-0.39, 0.29) is 5.88 Å². The van der Waals surface area contributed by atoms with Crippen molar-refractivity contribution in [2.45, 2.75) is 38.7 Å². The molecule has 0 aliphatic carbocycles. The zero-order chi connectivity index (χ0) is 26.9. The maximum absolute atomic E-state index is 13.4. The highest BCUT2D eigenvalue weighted by atomic mass is 79.9. The first-order valence-corrected chi connectivity index (χ1v) is 12.1. The van der Waals surface area contributed by atoms with Crippen molar-refractivity contribution in [3.8, 4) is 11.3 Å². The van der Waals surface area contributed by atoms with E-state index in [9.17, 15) is 24.9 Å². The van der Waals surface area contributed by atoms with Crippen molar-refractivity contribution in [1.82, 2.24) is 14.7 Å². The van der Waals surface area contributed by atoms with Crippen LogP contribution in [0.2, 0.25) is 0 Å². The lowest BCUT2D eigenvalue weighted by molar-refractivity contribution is -0.0805. The van der Waals surface area contributed by atoms with E-state index in [1.54, 1.807) is 12.1 Å². The molecule has 2 aromatic heterocycles. The Kier molecular flexibility index (Phi) is 7.85. The summed E-state index contributed by atoms with van der Waals surface area (Å²) in [5.41, 5.74) is 2.26. The number of fused-ring (bicyclic) bond motifs is 1. The molecule has 0 spiro atoms. The van der Waals surface area contributed by atoms with Crippen molar-refractivity contribution in [3.05, 3.63) is 74.1 Å². The lowest BCUT2D eigenvalue weighted by Crippen LogP contribution is -2.44. The van der Waals surface area contributed by atoms with Gasteiger partial charge in [-0.1, -0.05) is 33.2 Å². The van der Waals surface area contributed by atoms with Crippen LogP contribution in [0.3, 0.4) is 0 Å². The van der Waals surface area contributed by atoms with Crippen LogP contribution in [0.5, 0.6) is 0 Å². The highest BCUT2D eigenvalue weighted by molar-refractivity contribution is 9.10. The number of nitrogens with one attached hydrogen (secondary N) is 1. The minimum Gasteiger partial charge on any atom is -0.394 e. The van der Waals surface area contributed by atoms with Crippen molar-refractivity contribution in [1.29, 1.82) is 0 Å². The Balaban J connectivity index is 1.70. The third kappa shape index (κ3) is 5.63. The van der Waals surface area contributed by atoms with E-state index in [4.69, 9.17) is 9.63 Å². The molecular formula is C25H25BrN4O7. The molecule has 4 aromatic rings. The molecular weight excluding hydrogens is 548 g/mol. The van der Waals surface area contributed by atoms with Gasteiger partial charge in [-0.2, -0.15) is 0 Å². The zero-order valence-electron chi connectivity index (χ0n) is 19.9. The molecule has 2 heterocycles. The molecule has 0 radical (unpaired) electrons. The second-order valence-corrected chi connectivity index (χ2v) is 9.56. The van der Waals surface area contributed by atoms with Crippen LogP contribution in [0.1, 0.15) is 21.6 Å². The van der Waals surface area contributed by atoms with Gasteiger partial charge in [0.2, 0.25) is 5.88 Å². The Labute approximate surface area is 219 Å². The topological polar surface area (TPSA) is 171 Å². The molecule has 0 saturated carbocycles. The number of benzene rings is 2. The number of halogens is 1. The van der Waals surface area contributed by atoms with Gasteiger partial charge in [-0.3, -0.25) is 14.9 Å². The smallest absolute Gasteiger partial charge is 0.282 e. The third-order valence-corrected chi connectivity index (χ3v) is 6.54. The first kappa shape index (κ1) is 26.6. The van der Waals surface area contributed by atoms with Crippen molar-refractivity contribution >= 4 is 38.8 Å². The van der Waals surface area contributed by atoms with E-state index in [0.717, 1.165) is 25.7 Å². The van der Waals surface area contributed by atoms with E-state index in [1.807, 2.05) is 38.1 Å². The number of aryl methyl sites for hydroxylation is 2. The number of rotatable bonds is 8. The van der Waals surface area contributed by atoms with E-state index >= 15 is 0 Å². The Hall–Kier alpha value is -3.42. The van der Waals surface area contributed by atoms with Gasteiger partial charge < -0.3 is 29.5 Å². The van der Waals surface area contributed by atoms with Gasteiger partial charge in [0.1, 0.15) is 24.0 Å². The molecule has 2 aromatic carbocycles. The van der Waals surface area contributed by atoms with E-state index < -0.39 is 48.6 Å². The van der Waals surface area contributed by atoms with Crippen molar-refractivity contribution in [2.75, 3.05) is 11.9 Å². The molecule has 3 atom stereocenters. The van der Waals surface area contributed by atoms with Gasteiger partial charge in [0, 0.05) is 16.1 Å². The van der Waals surface area contributed by atoms with E-state index in [1.165, 1.54) is 6.07 Å². The fourth-order valence-corrected chi connectivity index (χ4v) is 4.01. The summed E-state index contributed by atoms with van der Waals surface area (Å²) in [6, 6.07) is 12.2. The molecule has 0 aliphatic rings. The molecule has 0 saturated heterocycles. The summed E-state index contributed by atoms with van der Waals surface area (Å²) in [5.74, 6) is -0.861. The summed E-state index contributed by atoms with van der Waals surface area (Å²) in [5, 5.41) is 45.8. The molecule has 0 fully saturated rings. The maximum atomic E-state index is 13.4. The predicted molar refractivity (Wildman–Crippen MR) is 138 cm³/mol. The van der Waals surface area contributed by atoms with Gasteiger partial charge in [-0.05, 0) is 49.2 Å². The molecule has 3 unspecified atom stereocenters. The predicted octanol–water partition coefficient (Wildman–Crippen LogP) is 1.76.